The fourth-order valence-corrected chi connectivity index (χ4v) is 3.76. The summed E-state index contributed by atoms with van der Waals surface area (Å²) in [5.74, 6) is 1.21. The molecule has 5 heteroatoms. The van der Waals surface area contributed by atoms with E-state index >= 15 is 0 Å². The van der Waals surface area contributed by atoms with Crippen molar-refractivity contribution in [3.05, 3.63) is 34.9 Å². The smallest absolute Gasteiger partial charge is 0.315 e. The van der Waals surface area contributed by atoms with Gasteiger partial charge in [-0.1, -0.05) is 30.7 Å². The van der Waals surface area contributed by atoms with Gasteiger partial charge in [-0.25, -0.2) is 4.79 Å². The van der Waals surface area contributed by atoms with Crippen LogP contribution in [-0.2, 0) is 6.42 Å². The molecule has 0 saturated heterocycles. The van der Waals surface area contributed by atoms with E-state index in [0.29, 0.717) is 12.3 Å². The Balaban J connectivity index is 2.01. The van der Waals surface area contributed by atoms with Gasteiger partial charge < -0.3 is 15.7 Å². The third-order valence-corrected chi connectivity index (χ3v) is 4.95. The highest BCUT2D eigenvalue weighted by molar-refractivity contribution is 7.98. The highest BCUT2D eigenvalue weighted by Gasteiger charge is 2.30. The molecule has 22 heavy (non-hydrogen) atoms. The van der Waals surface area contributed by atoms with Crippen molar-refractivity contribution in [3.63, 3.8) is 0 Å². The van der Waals surface area contributed by atoms with E-state index in [0.717, 1.165) is 12.2 Å². The van der Waals surface area contributed by atoms with Crippen LogP contribution in [0.2, 0.25) is 0 Å². The maximum Gasteiger partial charge on any atom is 0.315 e. The minimum atomic E-state index is -0.140. The molecule has 0 heterocycles. The molecule has 0 fully saturated rings. The van der Waals surface area contributed by atoms with E-state index in [1.807, 2.05) is 6.26 Å². The number of benzene rings is 1. The lowest BCUT2D eigenvalue weighted by atomic mass is 10.0. The van der Waals surface area contributed by atoms with Gasteiger partial charge in [-0.05, 0) is 43.1 Å². The maximum atomic E-state index is 12.3. The molecule has 0 radical (unpaired) electrons. The van der Waals surface area contributed by atoms with Crippen LogP contribution in [0.4, 0.5) is 4.79 Å². The molecule has 3 unspecified atom stereocenters. The Morgan fingerprint density at radius 2 is 2.27 bits per heavy atom. The second-order valence-corrected chi connectivity index (χ2v) is 7.05. The molecule has 3 N–H and O–H groups in total. The number of nitrogens with one attached hydrogen (secondary N) is 2. The molecule has 2 rings (SSSR count). The molecule has 0 bridgehead atoms. The molecule has 0 aliphatic heterocycles. The number of hydrogen-bond donors (Lipinski definition) is 3. The Labute approximate surface area is 137 Å². The Morgan fingerprint density at radius 3 is 2.95 bits per heavy atom. The minimum Gasteiger partial charge on any atom is -0.396 e. The molecule has 0 aromatic heterocycles. The van der Waals surface area contributed by atoms with Crippen molar-refractivity contribution in [2.75, 3.05) is 18.6 Å². The highest BCUT2D eigenvalue weighted by Crippen LogP contribution is 2.36. The van der Waals surface area contributed by atoms with Crippen LogP contribution in [0.15, 0.2) is 18.2 Å². The van der Waals surface area contributed by atoms with E-state index in [1.165, 1.54) is 16.7 Å². The summed E-state index contributed by atoms with van der Waals surface area (Å²) in [5.41, 5.74) is 3.80. The van der Waals surface area contributed by atoms with Crippen LogP contribution in [0.25, 0.3) is 0 Å². The number of urea groups is 1. The number of carbonyl (C=O) groups excluding carboxylic acids is 1. The second-order valence-electron chi connectivity index (χ2n) is 6.14. The van der Waals surface area contributed by atoms with Gasteiger partial charge in [0.1, 0.15) is 0 Å². The summed E-state index contributed by atoms with van der Waals surface area (Å²) in [4.78, 5) is 12.3. The summed E-state index contributed by atoms with van der Waals surface area (Å²) >= 11 is 1.67. The topological polar surface area (TPSA) is 61.4 Å². The number of fused-ring (bicyclic) bond motifs is 1. The summed E-state index contributed by atoms with van der Waals surface area (Å²) in [6.07, 6.45) is 3.59. The summed E-state index contributed by atoms with van der Waals surface area (Å²) in [5, 5.41) is 15.2. The third-order valence-electron chi connectivity index (χ3n) is 4.21. The van der Waals surface area contributed by atoms with Crippen molar-refractivity contribution < 1.29 is 9.90 Å². The van der Waals surface area contributed by atoms with Gasteiger partial charge in [0.05, 0.1) is 6.04 Å². The fourth-order valence-electron chi connectivity index (χ4n) is 3.10. The Bertz CT molecular complexity index is 515. The number of amides is 2. The van der Waals surface area contributed by atoms with Gasteiger partial charge in [0.25, 0.3) is 0 Å². The summed E-state index contributed by atoms with van der Waals surface area (Å²) in [6.45, 7) is 4.34. The Morgan fingerprint density at radius 1 is 1.50 bits per heavy atom. The predicted molar refractivity (Wildman–Crippen MR) is 92.3 cm³/mol. The molecule has 1 aliphatic rings. The number of rotatable bonds is 6. The van der Waals surface area contributed by atoms with Crippen molar-refractivity contribution in [2.24, 2.45) is 5.92 Å². The van der Waals surface area contributed by atoms with Crippen LogP contribution >= 0.6 is 11.8 Å². The maximum absolute atomic E-state index is 12.3. The van der Waals surface area contributed by atoms with Crippen LogP contribution < -0.4 is 10.6 Å². The van der Waals surface area contributed by atoms with E-state index in [9.17, 15) is 4.79 Å². The number of hydrogen-bond acceptors (Lipinski definition) is 3. The lowest BCUT2D eigenvalue weighted by Gasteiger charge is -2.22. The van der Waals surface area contributed by atoms with Crippen LogP contribution in [-0.4, -0.2) is 35.8 Å². The van der Waals surface area contributed by atoms with E-state index in [2.05, 4.69) is 42.7 Å². The summed E-state index contributed by atoms with van der Waals surface area (Å²) in [7, 11) is 0. The molecule has 4 nitrogen and oxygen atoms in total. The molecule has 0 saturated carbocycles. The van der Waals surface area contributed by atoms with Gasteiger partial charge >= 0.3 is 6.03 Å². The first-order valence-corrected chi connectivity index (χ1v) is 9.20. The molecule has 1 aromatic rings. The zero-order valence-corrected chi connectivity index (χ0v) is 14.4. The van der Waals surface area contributed by atoms with Crippen molar-refractivity contribution in [1.29, 1.82) is 0 Å². The molecule has 0 spiro atoms. The number of aliphatic hydroxyl groups is 1. The standard InChI is InChI=1S/C17H26N2O2S/c1-11-4-5-13-9-12(2)16(15(13)8-11)19-17(21)18-14(6-7-20)10-22-3/h4-5,8,12,14,16,20H,6-7,9-10H2,1-3H3,(H2,18,19,21). The second kappa shape index (κ2) is 7.88. The van der Waals surface area contributed by atoms with Crippen molar-refractivity contribution >= 4 is 17.8 Å². The first-order chi connectivity index (χ1) is 10.5. The Hall–Kier alpha value is -1.20. The SMILES string of the molecule is CSCC(CCO)NC(=O)NC1c2cc(C)ccc2CC1C. The quantitative estimate of drug-likeness (QED) is 0.754. The molecule has 3 atom stereocenters. The number of aliphatic hydroxyl groups excluding tert-OH is 1. The van der Waals surface area contributed by atoms with Gasteiger partial charge in [0.2, 0.25) is 0 Å². The minimum absolute atomic E-state index is 0.00805. The van der Waals surface area contributed by atoms with E-state index < -0.39 is 0 Å². The molecular weight excluding hydrogens is 296 g/mol. The lowest BCUT2D eigenvalue weighted by Crippen LogP contribution is -2.45. The first-order valence-electron chi connectivity index (χ1n) is 7.81. The van der Waals surface area contributed by atoms with Gasteiger partial charge in [0, 0.05) is 18.4 Å². The van der Waals surface area contributed by atoms with Crippen LogP contribution in [0, 0.1) is 12.8 Å². The van der Waals surface area contributed by atoms with E-state index in [4.69, 9.17) is 5.11 Å². The van der Waals surface area contributed by atoms with Crippen LogP contribution in [0.1, 0.15) is 36.1 Å². The first kappa shape index (κ1) is 17.2. The van der Waals surface area contributed by atoms with Gasteiger partial charge in [0.15, 0.2) is 0 Å². The average Bonchev–Trinajstić information content (AvgIpc) is 2.75. The monoisotopic (exact) mass is 322 g/mol. The van der Waals surface area contributed by atoms with Gasteiger partial charge in [-0.3, -0.25) is 0 Å². The molecule has 2 amide bonds. The van der Waals surface area contributed by atoms with Crippen molar-refractivity contribution in [3.8, 4) is 0 Å². The number of aryl methyl sites for hydroxylation is 1. The lowest BCUT2D eigenvalue weighted by molar-refractivity contribution is 0.225. The van der Waals surface area contributed by atoms with Crippen LogP contribution in [0.3, 0.4) is 0 Å². The molecule has 1 aromatic carbocycles. The van der Waals surface area contributed by atoms with Crippen molar-refractivity contribution in [2.45, 2.75) is 38.8 Å². The van der Waals surface area contributed by atoms with Gasteiger partial charge in [-0.2, -0.15) is 11.8 Å². The largest absolute Gasteiger partial charge is 0.396 e. The zero-order chi connectivity index (χ0) is 16.1. The van der Waals surface area contributed by atoms with Gasteiger partial charge in [-0.15, -0.1) is 0 Å². The van der Waals surface area contributed by atoms with E-state index in [1.54, 1.807) is 11.8 Å². The zero-order valence-electron chi connectivity index (χ0n) is 13.6. The van der Waals surface area contributed by atoms with Crippen molar-refractivity contribution in [1.82, 2.24) is 10.6 Å². The molecule has 122 valence electrons. The summed E-state index contributed by atoms with van der Waals surface area (Å²) < 4.78 is 0. The fraction of sp³-hybridized carbons (Fsp3) is 0.588. The highest BCUT2D eigenvalue weighted by atomic mass is 32.2. The molecular formula is C17H26N2O2S. The average molecular weight is 322 g/mol. The predicted octanol–water partition coefficient (Wildman–Crippen LogP) is 2.64. The van der Waals surface area contributed by atoms with E-state index in [-0.39, 0.29) is 24.7 Å². The number of thioether (sulfide) groups is 1. The van der Waals surface area contributed by atoms with Crippen LogP contribution in [0.5, 0.6) is 0 Å². The number of carbonyl (C=O) groups is 1. The molecule has 1 aliphatic carbocycles. The third kappa shape index (κ3) is 4.17. The normalized spacial score (nSPS) is 21.3. The summed E-state index contributed by atoms with van der Waals surface area (Å²) in [6, 6.07) is 6.41. The Kier molecular flexibility index (Phi) is 6.15.